The monoisotopic (exact) mass is 276 g/mol. The van der Waals surface area contributed by atoms with Gasteiger partial charge in [-0.25, -0.2) is 0 Å². The van der Waals surface area contributed by atoms with E-state index in [1.807, 2.05) is 42.5 Å². The van der Waals surface area contributed by atoms with Gasteiger partial charge in [0.2, 0.25) is 0 Å². The summed E-state index contributed by atoms with van der Waals surface area (Å²) in [6.45, 7) is 0. The molecule has 1 aliphatic carbocycles. The Morgan fingerprint density at radius 3 is 2.63 bits per heavy atom. The minimum Gasteiger partial charge on any atom is -0.481 e. The van der Waals surface area contributed by atoms with Crippen molar-refractivity contribution >= 4 is 16.8 Å². The van der Waals surface area contributed by atoms with Gasteiger partial charge in [-0.2, -0.15) is 0 Å². The third-order valence-corrected chi connectivity index (χ3v) is 4.65. The molecule has 0 spiro atoms. The fourth-order valence-corrected chi connectivity index (χ4v) is 3.61. The lowest BCUT2D eigenvalue weighted by Gasteiger charge is -2.21. The van der Waals surface area contributed by atoms with Gasteiger partial charge in [-0.05, 0) is 24.0 Å². The highest BCUT2D eigenvalue weighted by atomic mass is 32.2. The van der Waals surface area contributed by atoms with E-state index < -0.39 is 16.8 Å². The third-order valence-electron chi connectivity index (χ3n) is 3.01. The largest absolute Gasteiger partial charge is 0.481 e. The second kappa shape index (κ2) is 6.48. The number of allylic oxidation sites excluding steroid dienone is 3. The highest BCUT2D eigenvalue weighted by Crippen LogP contribution is 2.32. The maximum absolute atomic E-state index is 12.3. The Kier molecular flexibility index (Phi) is 4.68. The first-order valence-electron chi connectivity index (χ1n) is 6.18. The minimum atomic E-state index is -1.44. The molecule has 2 unspecified atom stereocenters. The molecule has 0 heterocycles. The molecule has 2 rings (SSSR count). The van der Waals surface area contributed by atoms with Gasteiger partial charge in [0, 0.05) is 10.8 Å². The average molecular weight is 276 g/mol. The summed E-state index contributed by atoms with van der Waals surface area (Å²) in [7, 11) is -1.44. The zero-order chi connectivity index (χ0) is 13.7. The van der Waals surface area contributed by atoms with Gasteiger partial charge in [-0.15, -0.1) is 0 Å². The minimum absolute atomic E-state index is 0.317. The number of carbonyl (C=O) groups is 1. The normalized spacial score (nSPS) is 17.6. The fraction of sp³-hybridized carbons (Fsp3) is 0.267. The molecule has 0 amide bonds. The topological polar surface area (TPSA) is 54.4 Å². The first-order chi connectivity index (χ1) is 9.18. The van der Waals surface area contributed by atoms with Gasteiger partial charge in [0.1, 0.15) is 5.75 Å². The highest BCUT2D eigenvalue weighted by Gasteiger charge is 2.25. The predicted octanol–water partition coefficient (Wildman–Crippen LogP) is 2.84. The third kappa shape index (κ3) is 3.64. The summed E-state index contributed by atoms with van der Waals surface area (Å²) in [6.07, 6.45) is 7.72. The zero-order valence-corrected chi connectivity index (χ0v) is 11.3. The maximum atomic E-state index is 12.3. The molecule has 0 saturated carbocycles. The fourth-order valence-electron chi connectivity index (χ4n) is 2.21. The zero-order valence-electron chi connectivity index (χ0n) is 10.5. The molecule has 0 aliphatic heterocycles. The van der Waals surface area contributed by atoms with E-state index in [1.165, 1.54) is 0 Å². The van der Waals surface area contributed by atoms with Crippen LogP contribution in [0.15, 0.2) is 54.1 Å². The van der Waals surface area contributed by atoms with Crippen molar-refractivity contribution in [2.24, 2.45) is 0 Å². The van der Waals surface area contributed by atoms with E-state index in [2.05, 4.69) is 6.08 Å². The molecular weight excluding hydrogens is 260 g/mol. The molecule has 4 heteroatoms. The molecule has 1 N–H and O–H groups in total. The number of benzene rings is 1. The van der Waals surface area contributed by atoms with Crippen molar-refractivity contribution in [2.75, 3.05) is 5.75 Å². The van der Waals surface area contributed by atoms with Gasteiger partial charge in [-0.3, -0.25) is 9.00 Å². The molecule has 2 atom stereocenters. The summed E-state index contributed by atoms with van der Waals surface area (Å²) in [5.74, 6) is -1.34. The number of carboxylic acids is 1. The van der Waals surface area contributed by atoms with Crippen LogP contribution in [0.3, 0.4) is 0 Å². The van der Waals surface area contributed by atoms with Crippen LogP contribution < -0.4 is 0 Å². The van der Waals surface area contributed by atoms with E-state index in [9.17, 15) is 9.00 Å². The Balaban J connectivity index is 2.33. The first-order valence-corrected chi connectivity index (χ1v) is 7.56. The Morgan fingerprint density at radius 2 is 2.05 bits per heavy atom. The van der Waals surface area contributed by atoms with Crippen LogP contribution in [-0.4, -0.2) is 21.0 Å². The van der Waals surface area contributed by atoms with Crippen LogP contribution in [0.1, 0.15) is 23.7 Å². The summed E-state index contributed by atoms with van der Waals surface area (Å²) in [5.41, 5.74) is 1.97. The molecule has 1 aromatic carbocycles. The number of carboxylic acid groups (broad SMARTS) is 1. The van der Waals surface area contributed by atoms with E-state index in [0.29, 0.717) is 0 Å². The highest BCUT2D eigenvalue weighted by molar-refractivity contribution is 7.86. The van der Waals surface area contributed by atoms with Crippen molar-refractivity contribution in [3.05, 3.63) is 59.7 Å². The molecule has 19 heavy (non-hydrogen) atoms. The van der Waals surface area contributed by atoms with Crippen molar-refractivity contribution in [2.45, 2.75) is 18.1 Å². The van der Waals surface area contributed by atoms with Crippen LogP contribution in [0.2, 0.25) is 0 Å². The summed E-state index contributed by atoms with van der Waals surface area (Å²) < 4.78 is 12.3. The Bertz CT molecular complexity index is 532. The van der Waals surface area contributed by atoms with E-state index in [0.717, 1.165) is 24.0 Å². The van der Waals surface area contributed by atoms with Crippen LogP contribution in [-0.2, 0) is 15.6 Å². The van der Waals surface area contributed by atoms with Crippen molar-refractivity contribution in [3.8, 4) is 0 Å². The summed E-state index contributed by atoms with van der Waals surface area (Å²) in [6, 6.07) is 9.49. The SMILES string of the molecule is O=C(O)CS(=O)C(C1=CC=CCC1)c1ccccc1. The predicted molar refractivity (Wildman–Crippen MR) is 76.3 cm³/mol. The lowest BCUT2D eigenvalue weighted by Crippen LogP contribution is -2.18. The van der Waals surface area contributed by atoms with E-state index in [4.69, 9.17) is 5.11 Å². The maximum Gasteiger partial charge on any atom is 0.316 e. The second-order valence-electron chi connectivity index (χ2n) is 4.42. The Hall–Kier alpha value is -1.68. The standard InChI is InChI=1S/C15H16O3S/c16-14(17)11-19(18)15(12-7-3-1-4-8-12)13-9-5-2-6-10-13/h1-5,7-9,15H,6,10-11H2,(H,16,17). The molecule has 0 saturated heterocycles. The molecule has 1 aliphatic rings. The van der Waals surface area contributed by atoms with Crippen LogP contribution >= 0.6 is 0 Å². The molecule has 0 aromatic heterocycles. The molecule has 0 fully saturated rings. The van der Waals surface area contributed by atoms with Crippen LogP contribution in [0.25, 0.3) is 0 Å². The van der Waals surface area contributed by atoms with Crippen molar-refractivity contribution in [1.82, 2.24) is 0 Å². The molecule has 0 radical (unpaired) electrons. The summed E-state index contributed by atoms with van der Waals surface area (Å²) >= 11 is 0. The Labute approximate surface area is 115 Å². The second-order valence-corrected chi connectivity index (χ2v) is 5.94. The van der Waals surface area contributed by atoms with Gasteiger partial charge in [0.15, 0.2) is 0 Å². The van der Waals surface area contributed by atoms with Crippen LogP contribution in [0, 0.1) is 0 Å². The molecule has 1 aromatic rings. The van der Waals surface area contributed by atoms with Gasteiger partial charge in [0.25, 0.3) is 0 Å². The van der Waals surface area contributed by atoms with Gasteiger partial charge in [-0.1, -0.05) is 48.6 Å². The van der Waals surface area contributed by atoms with Crippen LogP contribution in [0.5, 0.6) is 0 Å². The lowest BCUT2D eigenvalue weighted by molar-refractivity contribution is -0.133. The average Bonchev–Trinajstić information content (AvgIpc) is 2.40. The van der Waals surface area contributed by atoms with E-state index in [-0.39, 0.29) is 11.0 Å². The quantitative estimate of drug-likeness (QED) is 0.899. The van der Waals surface area contributed by atoms with Crippen molar-refractivity contribution < 1.29 is 14.1 Å². The van der Waals surface area contributed by atoms with Crippen molar-refractivity contribution in [1.29, 1.82) is 0 Å². The van der Waals surface area contributed by atoms with E-state index in [1.54, 1.807) is 0 Å². The van der Waals surface area contributed by atoms with Crippen LogP contribution in [0.4, 0.5) is 0 Å². The molecule has 0 bridgehead atoms. The number of hydrogen-bond acceptors (Lipinski definition) is 2. The van der Waals surface area contributed by atoms with Gasteiger partial charge in [0.05, 0.1) is 5.25 Å². The first kappa shape index (κ1) is 13.7. The smallest absolute Gasteiger partial charge is 0.316 e. The summed E-state index contributed by atoms with van der Waals surface area (Å²) in [5, 5.41) is 8.53. The lowest BCUT2D eigenvalue weighted by atomic mass is 9.97. The number of rotatable bonds is 5. The van der Waals surface area contributed by atoms with Gasteiger partial charge < -0.3 is 5.11 Å². The summed E-state index contributed by atoms with van der Waals surface area (Å²) in [4.78, 5) is 10.8. The molecule has 100 valence electrons. The Morgan fingerprint density at radius 1 is 1.32 bits per heavy atom. The van der Waals surface area contributed by atoms with Crippen molar-refractivity contribution in [3.63, 3.8) is 0 Å². The molecule has 3 nitrogen and oxygen atoms in total. The van der Waals surface area contributed by atoms with Gasteiger partial charge >= 0.3 is 5.97 Å². The number of aliphatic carboxylic acids is 1. The van der Waals surface area contributed by atoms with E-state index >= 15 is 0 Å². The number of hydrogen-bond donors (Lipinski definition) is 1. The molecular formula is C15H16O3S.